The number of carboxylic acid groups (broad SMARTS) is 1. The monoisotopic (exact) mass is 842 g/mol. The van der Waals surface area contributed by atoms with Gasteiger partial charge in [0.2, 0.25) is 12.0 Å². The summed E-state index contributed by atoms with van der Waals surface area (Å²) in [6.07, 6.45) is 4.83. The minimum Gasteiger partial charge on any atom is -0.489 e. The topological polar surface area (TPSA) is 132 Å². The zero-order valence-electron chi connectivity index (χ0n) is 33.1. The van der Waals surface area contributed by atoms with E-state index in [1.165, 1.54) is 0 Å². The maximum atomic E-state index is 14.3. The summed E-state index contributed by atoms with van der Waals surface area (Å²) in [6.45, 7) is 0.796. The normalized spacial score (nSPS) is 18.4. The number of hydrogen-bond acceptors (Lipinski definition) is 7. The lowest BCUT2D eigenvalue weighted by Gasteiger charge is -2.43. The van der Waals surface area contributed by atoms with Gasteiger partial charge in [0.15, 0.2) is 0 Å². The fourth-order valence-corrected chi connectivity index (χ4v) is 8.83. The summed E-state index contributed by atoms with van der Waals surface area (Å²) >= 11 is 12.2. The van der Waals surface area contributed by atoms with Crippen molar-refractivity contribution in [1.29, 1.82) is 5.26 Å². The molecule has 1 saturated carbocycles. The van der Waals surface area contributed by atoms with E-state index < -0.39 is 24.2 Å². The Labute approximate surface area is 359 Å². The van der Waals surface area contributed by atoms with Gasteiger partial charge in [-0.1, -0.05) is 97.1 Å². The van der Waals surface area contributed by atoms with Crippen molar-refractivity contribution in [1.82, 2.24) is 10.2 Å². The Morgan fingerprint density at radius 2 is 1.57 bits per heavy atom. The van der Waals surface area contributed by atoms with Crippen LogP contribution < -0.4 is 19.7 Å². The number of benzene rings is 5. The predicted octanol–water partition coefficient (Wildman–Crippen LogP) is 9.08. The van der Waals surface area contributed by atoms with Crippen LogP contribution in [0.1, 0.15) is 71.6 Å². The van der Waals surface area contributed by atoms with Crippen LogP contribution in [0, 0.1) is 11.3 Å². The molecule has 10 nitrogen and oxygen atoms in total. The van der Waals surface area contributed by atoms with Crippen LogP contribution >= 0.6 is 23.2 Å². The first-order valence-corrected chi connectivity index (χ1v) is 21.0. The van der Waals surface area contributed by atoms with Crippen LogP contribution in [-0.4, -0.2) is 53.0 Å². The van der Waals surface area contributed by atoms with Crippen molar-refractivity contribution in [3.63, 3.8) is 0 Å². The number of nitrogens with zero attached hydrogens (tertiary/aromatic N) is 3. The molecular formula is C48H44Cl2N4O6. The van der Waals surface area contributed by atoms with Gasteiger partial charge in [0, 0.05) is 31.6 Å². The van der Waals surface area contributed by atoms with Crippen molar-refractivity contribution in [2.45, 2.75) is 82.3 Å². The smallest absolute Gasteiger partial charge is 0.326 e. The molecule has 5 aromatic rings. The molecule has 1 aliphatic carbocycles. The van der Waals surface area contributed by atoms with Gasteiger partial charge in [-0.05, 0) is 101 Å². The fourth-order valence-electron chi connectivity index (χ4n) is 8.51. The maximum Gasteiger partial charge on any atom is 0.326 e. The standard InChI is InChI=1S/C48H44Cl2N4O6/c1-53-42-23-35-24-43(46(55)52-41(48(57)58)22-29-7-12-32(13-8-29)33-14-9-30(26-51)10-15-33)54(37-5-3-2-4-6-37)27-36(35)25-44(42)60-45(47(53)56)34-16-18-38(19-17-34)59-28-31-11-20-39(49)40(50)21-31/h7-21,23,25,37,41,43,45H,2-6,22,24,27-28H2,1H3,(H,52,55)(H,57,58)/t41?,43-,45-/m0/s1. The highest BCUT2D eigenvalue weighted by Gasteiger charge is 2.40. The second-order valence-electron chi connectivity index (χ2n) is 15.8. The highest BCUT2D eigenvalue weighted by molar-refractivity contribution is 6.42. The molecule has 306 valence electrons. The number of anilines is 1. The van der Waals surface area contributed by atoms with Crippen LogP contribution in [0.3, 0.4) is 0 Å². The molecule has 1 unspecified atom stereocenters. The summed E-state index contributed by atoms with van der Waals surface area (Å²) in [6, 6.07) is 32.0. The number of hydrogen-bond donors (Lipinski definition) is 2. The van der Waals surface area contributed by atoms with E-state index in [4.69, 9.17) is 37.9 Å². The zero-order chi connectivity index (χ0) is 41.9. The van der Waals surface area contributed by atoms with Crippen molar-refractivity contribution in [2.75, 3.05) is 11.9 Å². The number of nitrogens with one attached hydrogen (secondary N) is 1. The van der Waals surface area contributed by atoms with Gasteiger partial charge in [-0.2, -0.15) is 5.26 Å². The number of halogens is 2. The molecule has 8 rings (SSSR count). The van der Waals surface area contributed by atoms with E-state index >= 15 is 0 Å². The van der Waals surface area contributed by atoms with Crippen molar-refractivity contribution in [3.05, 3.63) is 147 Å². The van der Waals surface area contributed by atoms with Crippen molar-refractivity contribution in [2.24, 2.45) is 0 Å². The summed E-state index contributed by atoms with van der Waals surface area (Å²) < 4.78 is 12.4. The SMILES string of the molecule is CN1C(=O)[C@H](c2ccc(OCc3ccc(Cl)c(Cl)c3)cc2)Oc2cc3c(cc21)C[C@@H](C(=O)NC(Cc1ccc(-c2ccc(C#N)cc2)cc1)C(=O)O)N(C1CCCCC1)C3. The average Bonchev–Trinajstić information content (AvgIpc) is 3.27. The van der Waals surface area contributed by atoms with Gasteiger partial charge < -0.3 is 24.8 Å². The Kier molecular flexibility index (Phi) is 12.1. The third kappa shape index (κ3) is 8.85. The predicted molar refractivity (Wildman–Crippen MR) is 230 cm³/mol. The molecule has 1 fully saturated rings. The molecule has 2 heterocycles. The maximum absolute atomic E-state index is 14.3. The number of aliphatic carboxylic acids is 1. The van der Waals surface area contributed by atoms with Gasteiger partial charge in [-0.3, -0.25) is 14.5 Å². The van der Waals surface area contributed by atoms with Crippen LogP contribution in [0.4, 0.5) is 5.69 Å². The second-order valence-corrected chi connectivity index (χ2v) is 16.6. The van der Waals surface area contributed by atoms with Gasteiger partial charge in [0.25, 0.3) is 5.91 Å². The number of carboxylic acids is 1. The van der Waals surface area contributed by atoms with Gasteiger partial charge >= 0.3 is 5.97 Å². The Morgan fingerprint density at radius 1 is 0.883 bits per heavy atom. The van der Waals surface area contributed by atoms with Crippen LogP contribution in [0.25, 0.3) is 11.1 Å². The number of fused-ring (bicyclic) bond motifs is 2. The van der Waals surface area contributed by atoms with Gasteiger partial charge in [-0.25, -0.2) is 4.79 Å². The number of carbonyl (C=O) groups is 3. The molecule has 3 aliphatic rings. The van der Waals surface area contributed by atoms with Crippen molar-refractivity contribution in [3.8, 4) is 28.7 Å². The molecule has 2 aliphatic heterocycles. The third-order valence-electron chi connectivity index (χ3n) is 11.9. The summed E-state index contributed by atoms with van der Waals surface area (Å²) in [5.41, 5.74) is 7.37. The van der Waals surface area contributed by atoms with E-state index in [-0.39, 0.29) is 24.3 Å². The summed E-state index contributed by atoms with van der Waals surface area (Å²) in [4.78, 5) is 44.5. The van der Waals surface area contributed by atoms with Gasteiger partial charge in [0.1, 0.15) is 24.1 Å². The summed E-state index contributed by atoms with van der Waals surface area (Å²) in [5, 5.41) is 23.3. The average molecular weight is 844 g/mol. The number of rotatable bonds is 11. The first kappa shape index (κ1) is 40.9. The number of carbonyl (C=O) groups excluding carboxylic acids is 2. The molecule has 2 amide bonds. The first-order valence-electron chi connectivity index (χ1n) is 20.2. The van der Waals surface area contributed by atoms with Crippen LogP contribution in [-0.2, 0) is 40.4 Å². The number of ether oxygens (including phenoxy) is 2. The summed E-state index contributed by atoms with van der Waals surface area (Å²) in [7, 11) is 1.73. The van der Waals surface area contributed by atoms with Crippen molar-refractivity contribution < 1.29 is 29.0 Å². The molecule has 5 aromatic carbocycles. The second kappa shape index (κ2) is 17.8. The Balaban J connectivity index is 0.980. The molecule has 0 spiro atoms. The van der Waals surface area contributed by atoms with Crippen molar-refractivity contribution >= 4 is 46.7 Å². The fraction of sp³-hybridized carbons (Fsp3) is 0.292. The van der Waals surface area contributed by atoms with Crippen LogP contribution in [0.5, 0.6) is 11.5 Å². The number of likely N-dealkylation sites (N-methyl/N-ethyl adjacent to an activating group) is 1. The van der Waals surface area contributed by atoms with Crippen LogP contribution in [0.2, 0.25) is 10.0 Å². The lowest BCUT2D eigenvalue weighted by Crippen LogP contribution is -2.57. The quantitative estimate of drug-likeness (QED) is 0.135. The van der Waals surface area contributed by atoms with Gasteiger partial charge in [-0.15, -0.1) is 0 Å². The molecule has 2 N–H and O–H groups in total. The minimum atomic E-state index is -1.13. The van der Waals surface area contributed by atoms with E-state index in [0.717, 1.165) is 65.5 Å². The van der Waals surface area contributed by atoms with E-state index in [9.17, 15) is 19.5 Å². The number of nitriles is 1. The largest absolute Gasteiger partial charge is 0.489 e. The number of amides is 2. The molecule has 0 aromatic heterocycles. The van der Waals surface area contributed by atoms with E-state index in [1.807, 2.05) is 78.9 Å². The Hall–Kier alpha value is -5.86. The first-order chi connectivity index (χ1) is 29.0. The molecule has 3 atom stereocenters. The lowest BCUT2D eigenvalue weighted by atomic mass is 9.86. The highest BCUT2D eigenvalue weighted by atomic mass is 35.5. The molecule has 0 bridgehead atoms. The third-order valence-corrected chi connectivity index (χ3v) is 12.6. The lowest BCUT2D eigenvalue weighted by molar-refractivity contribution is -0.143. The van der Waals surface area contributed by atoms with E-state index in [0.29, 0.717) is 57.9 Å². The minimum absolute atomic E-state index is 0.120. The summed E-state index contributed by atoms with van der Waals surface area (Å²) in [5.74, 6) is -0.442. The molecule has 0 radical (unpaired) electrons. The molecule has 12 heteroatoms. The molecule has 60 heavy (non-hydrogen) atoms. The van der Waals surface area contributed by atoms with Crippen LogP contribution in [0.15, 0.2) is 103 Å². The Bertz CT molecular complexity index is 2450. The van der Waals surface area contributed by atoms with Gasteiger partial charge in [0.05, 0.1) is 33.4 Å². The van der Waals surface area contributed by atoms with E-state index in [1.54, 1.807) is 36.2 Å². The molecular weight excluding hydrogens is 799 g/mol. The Morgan fingerprint density at radius 3 is 2.23 bits per heavy atom. The molecule has 0 saturated heterocycles. The zero-order valence-corrected chi connectivity index (χ0v) is 34.6. The van der Waals surface area contributed by atoms with E-state index in [2.05, 4.69) is 16.3 Å². The highest BCUT2D eigenvalue weighted by Crippen LogP contribution is 2.43.